The van der Waals surface area contributed by atoms with Gasteiger partial charge in [0.15, 0.2) is 0 Å². The Morgan fingerprint density at radius 2 is 1.35 bits per heavy atom. The molecule has 0 aliphatic heterocycles. The molecule has 0 bridgehead atoms. The van der Waals surface area contributed by atoms with Gasteiger partial charge in [-0.15, -0.1) is 0 Å². The van der Waals surface area contributed by atoms with Gasteiger partial charge in [0.25, 0.3) is 5.53 Å². The van der Waals surface area contributed by atoms with E-state index >= 15 is 0 Å². The summed E-state index contributed by atoms with van der Waals surface area (Å²) in [6.45, 7) is 10.7. The minimum Gasteiger partial charge on any atom is -0.377 e. The third kappa shape index (κ3) is 4.63. The monoisotopic (exact) mass is 328 g/mol. The molecule has 0 rings (SSSR count). The summed E-state index contributed by atoms with van der Waals surface area (Å²) in [6, 6.07) is 0. The molecule has 0 aliphatic rings. The molecule has 6 nitrogen and oxygen atoms in total. The van der Waals surface area contributed by atoms with Crippen LogP contribution in [0.1, 0.15) is 34.6 Å². The van der Waals surface area contributed by atoms with E-state index in [0.29, 0.717) is 30.1 Å². The first-order valence-corrected chi connectivity index (χ1v) is 9.96. The lowest BCUT2D eigenvalue weighted by Gasteiger charge is -2.41. The molecular formula is C12H29O6PSi. The van der Waals surface area contributed by atoms with E-state index in [1.165, 1.54) is 0 Å². The largest absolute Gasteiger partial charge is 0.392 e. The molecule has 0 spiro atoms. The zero-order chi connectivity index (χ0) is 15.6. The number of ether oxygens (including phenoxy) is 3. The van der Waals surface area contributed by atoms with Crippen molar-refractivity contribution in [2.45, 2.75) is 45.9 Å². The molecule has 1 atom stereocenters. The van der Waals surface area contributed by atoms with E-state index < -0.39 is 18.9 Å². The quantitative estimate of drug-likeness (QED) is 0.309. The van der Waals surface area contributed by atoms with Crippen LogP contribution in [0.15, 0.2) is 0 Å². The fraction of sp³-hybridized carbons (Fsp3) is 1.00. The van der Waals surface area contributed by atoms with Crippen molar-refractivity contribution in [3.05, 3.63) is 0 Å². The van der Waals surface area contributed by atoms with E-state index in [-0.39, 0.29) is 13.2 Å². The highest BCUT2D eigenvalue weighted by atomic mass is 31.2. The van der Waals surface area contributed by atoms with Crippen LogP contribution in [0.3, 0.4) is 0 Å². The normalized spacial score (nSPS) is 14.7. The maximum absolute atomic E-state index is 13.2. The van der Waals surface area contributed by atoms with Crippen LogP contribution in [-0.4, -0.2) is 54.5 Å². The Hall–Kier alpha value is 0.247. The lowest BCUT2D eigenvalue weighted by Crippen LogP contribution is -2.50. The molecule has 0 aromatic heterocycles. The maximum atomic E-state index is 13.2. The van der Waals surface area contributed by atoms with Crippen LogP contribution < -0.4 is 0 Å². The lowest BCUT2D eigenvalue weighted by molar-refractivity contribution is -0.226. The first-order valence-electron chi connectivity index (χ1n) is 7.26. The second-order valence-corrected chi connectivity index (χ2v) is 7.11. The Balaban J connectivity index is 5.67. The van der Waals surface area contributed by atoms with Crippen molar-refractivity contribution in [3.63, 3.8) is 0 Å². The molecule has 0 heterocycles. The van der Waals surface area contributed by atoms with Crippen LogP contribution in [0.4, 0.5) is 0 Å². The molecule has 0 aromatic carbocycles. The zero-order valence-corrected chi connectivity index (χ0v) is 16.4. The average Bonchev–Trinajstić information content (AvgIpc) is 2.39. The van der Waals surface area contributed by atoms with E-state index in [4.69, 9.17) is 23.3 Å². The smallest absolute Gasteiger partial charge is 0.377 e. The summed E-state index contributed by atoms with van der Waals surface area (Å²) in [5.74, 6) is 0. The Kier molecular flexibility index (Phi) is 10.2. The van der Waals surface area contributed by atoms with Gasteiger partial charge >= 0.3 is 7.60 Å². The van der Waals surface area contributed by atoms with Gasteiger partial charge in [-0.25, -0.2) is 0 Å². The Labute approximate surface area is 125 Å². The number of rotatable bonds is 12. The molecule has 0 aliphatic carbocycles. The summed E-state index contributed by atoms with van der Waals surface area (Å²) in [5, 5.41) is 0. The van der Waals surface area contributed by atoms with Crippen LogP contribution in [0.2, 0.25) is 0 Å². The summed E-state index contributed by atoms with van der Waals surface area (Å²) in [5.41, 5.74) is -1.93. The topological polar surface area (TPSA) is 63.2 Å². The van der Waals surface area contributed by atoms with Crippen molar-refractivity contribution in [1.82, 2.24) is 0 Å². The predicted molar refractivity (Wildman–Crippen MR) is 82.2 cm³/mol. The highest BCUT2D eigenvalue weighted by Crippen LogP contribution is 2.62. The highest BCUT2D eigenvalue weighted by Gasteiger charge is 2.58. The molecule has 0 saturated carbocycles. The van der Waals surface area contributed by atoms with Crippen LogP contribution in [0.5, 0.6) is 0 Å². The van der Waals surface area contributed by atoms with Crippen molar-refractivity contribution in [3.8, 4) is 0 Å². The van der Waals surface area contributed by atoms with E-state index in [2.05, 4.69) is 0 Å². The SMILES string of the molecule is CCOC([SiH3])C(OCC)(OCC)P(=O)(OCC)OCC. The molecule has 0 N–H and O–H groups in total. The molecule has 122 valence electrons. The van der Waals surface area contributed by atoms with Crippen molar-refractivity contribution in [1.29, 1.82) is 0 Å². The second-order valence-electron chi connectivity index (χ2n) is 3.93. The summed E-state index contributed by atoms with van der Waals surface area (Å²) < 4.78 is 41.1. The molecule has 0 radical (unpaired) electrons. The Morgan fingerprint density at radius 1 is 0.900 bits per heavy atom. The van der Waals surface area contributed by atoms with E-state index in [0.717, 1.165) is 0 Å². The van der Waals surface area contributed by atoms with Crippen molar-refractivity contribution < 1.29 is 27.8 Å². The van der Waals surface area contributed by atoms with Gasteiger partial charge in [-0.3, -0.25) is 4.57 Å². The molecule has 0 fully saturated rings. The lowest BCUT2D eigenvalue weighted by atomic mass is 10.6. The number of hydrogen-bond acceptors (Lipinski definition) is 6. The summed E-state index contributed by atoms with van der Waals surface area (Å²) in [4.78, 5) is 0. The maximum Gasteiger partial charge on any atom is 0.392 e. The van der Waals surface area contributed by atoms with Gasteiger partial charge in [0.1, 0.15) is 5.73 Å². The molecular weight excluding hydrogens is 299 g/mol. The van der Waals surface area contributed by atoms with Gasteiger partial charge in [0, 0.05) is 30.1 Å². The van der Waals surface area contributed by atoms with Crippen LogP contribution in [-0.2, 0) is 27.8 Å². The minimum absolute atomic E-state index is 0.250. The summed E-state index contributed by atoms with van der Waals surface area (Å²) in [6.07, 6.45) is 0. The summed E-state index contributed by atoms with van der Waals surface area (Å²) in [7, 11) is -3.04. The van der Waals surface area contributed by atoms with Crippen molar-refractivity contribution in [2.75, 3.05) is 33.0 Å². The van der Waals surface area contributed by atoms with Gasteiger partial charge in [-0.2, -0.15) is 0 Å². The molecule has 0 saturated heterocycles. The third-order valence-electron chi connectivity index (χ3n) is 2.61. The number of hydrogen-bond donors (Lipinski definition) is 0. The van der Waals surface area contributed by atoms with E-state index in [1.54, 1.807) is 13.8 Å². The van der Waals surface area contributed by atoms with Crippen molar-refractivity contribution >= 4 is 17.8 Å². The van der Waals surface area contributed by atoms with E-state index in [1.807, 2.05) is 20.8 Å². The molecule has 20 heavy (non-hydrogen) atoms. The van der Waals surface area contributed by atoms with Gasteiger partial charge in [0.05, 0.1) is 13.2 Å². The standard InChI is InChI=1S/C12H29O6PSi/c1-6-14-11(20)12(15-7-2,16-8-3)19(13,17-9-4)18-10-5/h11H,6-10H2,1-5,20H3. The van der Waals surface area contributed by atoms with Crippen molar-refractivity contribution in [2.24, 2.45) is 0 Å². The Morgan fingerprint density at radius 3 is 1.65 bits per heavy atom. The Bertz CT molecular complexity index is 286. The first kappa shape index (κ1) is 20.2. The second kappa shape index (κ2) is 10.1. The van der Waals surface area contributed by atoms with Gasteiger partial charge < -0.3 is 23.3 Å². The zero-order valence-electron chi connectivity index (χ0n) is 13.5. The highest BCUT2D eigenvalue weighted by molar-refractivity contribution is 7.55. The van der Waals surface area contributed by atoms with E-state index in [9.17, 15) is 4.57 Å². The first-order chi connectivity index (χ1) is 9.47. The average molecular weight is 328 g/mol. The van der Waals surface area contributed by atoms with Crippen LogP contribution >= 0.6 is 7.60 Å². The molecule has 0 aromatic rings. The third-order valence-corrected chi connectivity index (χ3v) is 6.77. The molecule has 8 heteroatoms. The minimum atomic E-state index is -3.61. The molecule has 1 unspecified atom stereocenters. The van der Waals surface area contributed by atoms with Crippen LogP contribution in [0, 0.1) is 0 Å². The van der Waals surface area contributed by atoms with Crippen LogP contribution in [0.25, 0.3) is 0 Å². The summed E-state index contributed by atoms with van der Waals surface area (Å²) >= 11 is 0. The molecule has 0 amide bonds. The van der Waals surface area contributed by atoms with Gasteiger partial charge in [-0.05, 0) is 34.6 Å². The fourth-order valence-corrected chi connectivity index (χ4v) is 5.81. The van der Waals surface area contributed by atoms with Gasteiger partial charge in [0.2, 0.25) is 0 Å². The van der Waals surface area contributed by atoms with Gasteiger partial charge in [-0.1, -0.05) is 0 Å². The fourth-order valence-electron chi connectivity index (χ4n) is 1.98. The predicted octanol–water partition coefficient (Wildman–Crippen LogP) is 1.71.